The van der Waals surface area contributed by atoms with E-state index in [1.54, 1.807) is 7.11 Å². The normalized spacial score (nSPS) is 13.3. The fourth-order valence-corrected chi connectivity index (χ4v) is 2.21. The maximum Gasteiger partial charge on any atom is 0.118 e. The van der Waals surface area contributed by atoms with E-state index < -0.39 is 0 Å². The van der Waals surface area contributed by atoms with Gasteiger partial charge in [-0.1, -0.05) is 42.5 Å². The minimum atomic E-state index is 0.749. The van der Waals surface area contributed by atoms with E-state index in [9.17, 15) is 0 Å². The summed E-state index contributed by atoms with van der Waals surface area (Å²) in [6, 6.07) is 18.2. The van der Waals surface area contributed by atoms with E-state index in [2.05, 4.69) is 34.4 Å². The highest BCUT2D eigenvalue weighted by molar-refractivity contribution is 5.66. The summed E-state index contributed by atoms with van der Waals surface area (Å²) in [5.41, 5.74) is 9.77. The molecule has 0 aliphatic carbocycles. The fourth-order valence-electron chi connectivity index (χ4n) is 2.21. The molecule has 112 valence electrons. The van der Waals surface area contributed by atoms with Crippen molar-refractivity contribution in [3.8, 4) is 5.75 Å². The number of allylic oxidation sites excluding steroid dienone is 2. The molecule has 4 nitrogen and oxygen atoms in total. The largest absolute Gasteiger partial charge is 0.497 e. The molecular formula is C18H19N3O. The van der Waals surface area contributed by atoms with E-state index >= 15 is 0 Å². The number of hydrazine groups is 1. The molecule has 22 heavy (non-hydrogen) atoms. The van der Waals surface area contributed by atoms with Gasteiger partial charge in [0.05, 0.1) is 12.8 Å². The van der Waals surface area contributed by atoms with Crippen molar-refractivity contribution in [2.24, 2.45) is 0 Å². The van der Waals surface area contributed by atoms with Crippen LogP contribution in [0, 0.1) is 0 Å². The summed E-state index contributed by atoms with van der Waals surface area (Å²) in [6.07, 6.45) is 4.09. The Balaban J connectivity index is 1.60. The van der Waals surface area contributed by atoms with Crippen LogP contribution >= 0.6 is 0 Å². The molecule has 0 spiro atoms. The van der Waals surface area contributed by atoms with Gasteiger partial charge in [0.1, 0.15) is 11.6 Å². The Morgan fingerprint density at radius 3 is 2.32 bits per heavy atom. The molecule has 0 aromatic heterocycles. The standard InChI is InChI=1S/C18H19N3O/c1-22-16-9-7-14(8-10-16)13-19-18-12-11-17(20-21-18)15-5-3-2-4-6-15/h2-12,19-21H,13H2,1H3. The molecule has 1 heterocycles. The van der Waals surface area contributed by atoms with Gasteiger partial charge in [0.2, 0.25) is 0 Å². The molecule has 1 aliphatic rings. The lowest BCUT2D eigenvalue weighted by Gasteiger charge is -2.20. The second kappa shape index (κ2) is 6.72. The zero-order valence-corrected chi connectivity index (χ0v) is 12.5. The number of hydrogen-bond donors (Lipinski definition) is 3. The van der Waals surface area contributed by atoms with Crippen LogP contribution in [0.1, 0.15) is 11.1 Å². The monoisotopic (exact) mass is 293 g/mol. The first-order chi connectivity index (χ1) is 10.8. The first kappa shape index (κ1) is 14.1. The van der Waals surface area contributed by atoms with Crippen LogP contribution in [0.5, 0.6) is 5.75 Å². The summed E-state index contributed by atoms with van der Waals surface area (Å²) in [5, 5.41) is 3.35. The van der Waals surface area contributed by atoms with Crippen LogP contribution < -0.4 is 20.9 Å². The van der Waals surface area contributed by atoms with Gasteiger partial charge in [0.15, 0.2) is 0 Å². The van der Waals surface area contributed by atoms with E-state index in [-0.39, 0.29) is 0 Å². The molecule has 4 heteroatoms. The van der Waals surface area contributed by atoms with Crippen molar-refractivity contribution in [3.63, 3.8) is 0 Å². The molecule has 1 aliphatic heterocycles. The first-order valence-corrected chi connectivity index (χ1v) is 7.21. The van der Waals surface area contributed by atoms with Gasteiger partial charge in [-0.2, -0.15) is 0 Å². The van der Waals surface area contributed by atoms with Crippen LogP contribution in [0.4, 0.5) is 0 Å². The molecule has 3 N–H and O–H groups in total. The number of ether oxygens (including phenoxy) is 1. The van der Waals surface area contributed by atoms with Crippen LogP contribution in [0.2, 0.25) is 0 Å². The minimum absolute atomic E-state index is 0.749. The molecular weight excluding hydrogens is 274 g/mol. The number of methoxy groups -OCH3 is 1. The molecule has 0 radical (unpaired) electrons. The Morgan fingerprint density at radius 2 is 1.68 bits per heavy atom. The van der Waals surface area contributed by atoms with Gasteiger partial charge >= 0.3 is 0 Å². The number of nitrogens with one attached hydrogen (secondary N) is 3. The smallest absolute Gasteiger partial charge is 0.118 e. The van der Waals surface area contributed by atoms with E-state index in [0.717, 1.165) is 29.4 Å². The molecule has 2 aromatic rings. The first-order valence-electron chi connectivity index (χ1n) is 7.21. The van der Waals surface area contributed by atoms with Crippen molar-refractivity contribution in [2.45, 2.75) is 6.54 Å². The Labute approximate surface area is 130 Å². The van der Waals surface area contributed by atoms with Gasteiger partial charge in [0, 0.05) is 6.54 Å². The van der Waals surface area contributed by atoms with Gasteiger partial charge < -0.3 is 10.1 Å². The minimum Gasteiger partial charge on any atom is -0.497 e. The van der Waals surface area contributed by atoms with Gasteiger partial charge in [-0.05, 0) is 35.4 Å². The van der Waals surface area contributed by atoms with Crippen LogP contribution in [0.3, 0.4) is 0 Å². The topological polar surface area (TPSA) is 45.3 Å². The van der Waals surface area contributed by atoms with Crippen LogP contribution in [0.25, 0.3) is 5.70 Å². The third-order valence-electron chi connectivity index (χ3n) is 3.48. The quantitative estimate of drug-likeness (QED) is 0.793. The average molecular weight is 293 g/mol. The summed E-state index contributed by atoms with van der Waals surface area (Å²) in [4.78, 5) is 0. The predicted molar refractivity (Wildman–Crippen MR) is 88.6 cm³/mol. The highest BCUT2D eigenvalue weighted by Gasteiger charge is 2.05. The predicted octanol–water partition coefficient (Wildman–Crippen LogP) is 2.78. The van der Waals surface area contributed by atoms with Crippen molar-refractivity contribution in [2.75, 3.05) is 7.11 Å². The summed E-state index contributed by atoms with van der Waals surface area (Å²) in [5.74, 6) is 1.81. The van der Waals surface area contributed by atoms with E-state index in [4.69, 9.17) is 4.74 Å². The molecule has 0 fully saturated rings. The average Bonchev–Trinajstić information content (AvgIpc) is 2.61. The lowest BCUT2D eigenvalue weighted by atomic mass is 10.1. The van der Waals surface area contributed by atoms with Crippen LogP contribution in [0.15, 0.2) is 72.6 Å². The number of hydrogen-bond acceptors (Lipinski definition) is 4. The highest BCUT2D eigenvalue weighted by atomic mass is 16.5. The lowest BCUT2D eigenvalue weighted by molar-refractivity contribution is 0.414. The SMILES string of the molecule is COc1ccc(CNC2=CC=C(c3ccccc3)NN2)cc1. The van der Waals surface area contributed by atoms with Crippen molar-refractivity contribution < 1.29 is 4.74 Å². The molecule has 0 saturated heterocycles. The molecule has 3 rings (SSSR count). The maximum atomic E-state index is 5.16. The second-order valence-corrected chi connectivity index (χ2v) is 4.98. The Morgan fingerprint density at radius 1 is 0.909 bits per heavy atom. The van der Waals surface area contributed by atoms with Crippen LogP contribution in [-0.4, -0.2) is 7.11 Å². The zero-order chi connectivity index (χ0) is 15.2. The van der Waals surface area contributed by atoms with E-state index in [1.165, 1.54) is 5.56 Å². The summed E-state index contributed by atoms with van der Waals surface area (Å²) < 4.78 is 5.16. The van der Waals surface area contributed by atoms with E-state index in [1.807, 2.05) is 48.5 Å². The van der Waals surface area contributed by atoms with Crippen molar-refractivity contribution in [3.05, 3.63) is 83.7 Å². The summed E-state index contributed by atoms with van der Waals surface area (Å²) >= 11 is 0. The number of rotatable bonds is 5. The Bertz CT molecular complexity index is 675. The summed E-state index contributed by atoms with van der Waals surface area (Å²) in [6.45, 7) is 0.749. The zero-order valence-electron chi connectivity index (χ0n) is 12.5. The van der Waals surface area contributed by atoms with Crippen molar-refractivity contribution in [1.29, 1.82) is 0 Å². The van der Waals surface area contributed by atoms with Gasteiger partial charge in [-0.3, -0.25) is 10.9 Å². The van der Waals surface area contributed by atoms with Crippen molar-refractivity contribution >= 4 is 5.70 Å². The Hall–Kier alpha value is -2.88. The lowest BCUT2D eigenvalue weighted by Crippen LogP contribution is -2.37. The maximum absolute atomic E-state index is 5.16. The highest BCUT2D eigenvalue weighted by Crippen LogP contribution is 2.14. The Kier molecular flexibility index (Phi) is 4.30. The molecule has 2 aromatic carbocycles. The number of benzene rings is 2. The summed E-state index contributed by atoms with van der Waals surface area (Å²) in [7, 11) is 1.67. The van der Waals surface area contributed by atoms with Crippen molar-refractivity contribution in [1.82, 2.24) is 16.2 Å². The van der Waals surface area contributed by atoms with E-state index in [0.29, 0.717) is 0 Å². The second-order valence-electron chi connectivity index (χ2n) is 4.98. The molecule has 0 unspecified atom stereocenters. The third-order valence-corrected chi connectivity index (χ3v) is 3.48. The van der Waals surface area contributed by atoms with Gasteiger partial charge in [-0.15, -0.1) is 0 Å². The molecule has 0 bridgehead atoms. The molecule has 0 atom stereocenters. The third kappa shape index (κ3) is 3.41. The van der Waals surface area contributed by atoms with Gasteiger partial charge in [-0.25, -0.2) is 0 Å². The molecule has 0 saturated carbocycles. The van der Waals surface area contributed by atoms with Gasteiger partial charge in [0.25, 0.3) is 0 Å². The van der Waals surface area contributed by atoms with Crippen LogP contribution in [-0.2, 0) is 6.54 Å². The fraction of sp³-hybridized carbons (Fsp3) is 0.111. The molecule has 0 amide bonds.